The number of carbonyl (C=O) groups is 2. The molecule has 1 N–H and O–H groups in total. The Labute approximate surface area is 120 Å². The summed E-state index contributed by atoms with van der Waals surface area (Å²) in [5, 5.41) is 2.53. The number of nitrogens with one attached hydrogen (secondary N) is 1. The molecule has 5 nitrogen and oxygen atoms in total. The Bertz CT molecular complexity index is 648. The molecule has 0 aliphatic rings. The van der Waals surface area contributed by atoms with Crippen LogP contribution < -0.4 is 5.32 Å². The predicted octanol–water partition coefficient (Wildman–Crippen LogP) is 2.91. The van der Waals surface area contributed by atoms with Crippen molar-refractivity contribution in [3.8, 4) is 0 Å². The van der Waals surface area contributed by atoms with Crippen molar-refractivity contribution in [3.63, 3.8) is 0 Å². The van der Waals surface area contributed by atoms with Gasteiger partial charge in [0.25, 0.3) is 5.91 Å². The van der Waals surface area contributed by atoms with Crippen LogP contribution in [0.2, 0.25) is 0 Å². The van der Waals surface area contributed by atoms with E-state index in [1.165, 1.54) is 43.5 Å². The minimum atomic E-state index is -0.989. The van der Waals surface area contributed by atoms with Gasteiger partial charge in [0, 0.05) is 5.69 Å². The summed E-state index contributed by atoms with van der Waals surface area (Å²) in [6.45, 7) is 3.08. The number of esters is 1. The maximum absolute atomic E-state index is 12.8. The van der Waals surface area contributed by atoms with Crippen molar-refractivity contribution in [3.05, 3.63) is 53.7 Å². The van der Waals surface area contributed by atoms with E-state index in [0.29, 0.717) is 11.4 Å². The number of hydrogen-bond acceptors (Lipinski definition) is 4. The molecular weight excluding hydrogens is 277 g/mol. The number of halogens is 1. The molecule has 21 heavy (non-hydrogen) atoms. The van der Waals surface area contributed by atoms with Gasteiger partial charge in [0.2, 0.25) is 0 Å². The van der Waals surface area contributed by atoms with Crippen molar-refractivity contribution in [2.45, 2.75) is 20.0 Å². The summed E-state index contributed by atoms with van der Waals surface area (Å²) in [6.07, 6.45) is 0.381. The Kier molecular flexibility index (Phi) is 4.37. The number of anilines is 1. The van der Waals surface area contributed by atoms with E-state index in [-0.39, 0.29) is 5.56 Å². The van der Waals surface area contributed by atoms with Gasteiger partial charge in [-0.2, -0.15) is 0 Å². The summed E-state index contributed by atoms with van der Waals surface area (Å²) in [6, 6.07) is 6.76. The lowest BCUT2D eigenvalue weighted by molar-refractivity contribution is -0.123. The molecule has 0 unspecified atom stereocenters. The third-order valence-electron chi connectivity index (χ3n) is 2.84. The van der Waals surface area contributed by atoms with Gasteiger partial charge in [0.15, 0.2) is 6.10 Å². The quantitative estimate of drug-likeness (QED) is 0.879. The van der Waals surface area contributed by atoms with Crippen LogP contribution in [-0.2, 0) is 9.53 Å². The first-order chi connectivity index (χ1) is 9.97. The van der Waals surface area contributed by atoms with Gasteiger partial charge in [-0.1, -0.05) is 0 Å². The zero-order chi connectivity index (χ0) is 15.4. The van der Waals surface area contributed by atoms with Crippen LogP contribution in [0.15, 0.2) is 41.0 Å². The molecule has 0 spiro atoms. The van der Waals surface area contributed by atoms with E-state index < -0.39 is 23.8 Å². The lowest BCUT2D eigenvalue weighted by atomic mass is 10.2. The number of amides is 1. The van der Waals surface area contributed by atoms with Gasteiger partial charge in [-0.3, -0.25) is 4.79 Å². The number of furan rings is 1. The largest absolute Gasteiger partial charge is 0.469 e. The zero-order valence-corrected chi connectivity index (χ0v) is 11.6. The third-order valence-corrected chi connectivity index (χ3v) is 2.84. The molecule has 6 heteroatoms. The summed E-state index contributed by atoms with van der Waals surface area (Å²) < 4.78 is 22.8. The first kappa shape index (κ1) is 14.8. The van der Waals surface area contributed by atoms with Crippen molar-refractivity contribution >= 4 is 17.6 Å². The minimum absolute atomic E-state index is 0.274. The van der Waals surface area contributed by atoms with Crippen LogP contribution >= 0.6 is 0 Å². The standard InChI is InChI=1S/C15H14FNO4/c1-9-13(7-8-20-9)15(19)21-10(2)14(18)17-12-5-3-11(16)4-6-12/h3-8,10H,1-2H3,(H,17,18)/t10-/m1/s1. The van der Waals surface area contributed by atoms with Crippen molar-refractivity contribution in [1.29, 1.82) is 0 Å². The molecule has 0 aliphatic heterocycles. The van der Waals surface area contributed by atoms with Gasteiger partial charge in [-0.05, 0) is 44.2 Å². The molecular formula is C15H14FNO4. The number of benzene rings is 1. The lowest BCUT2D eigenvalue weighted by Crippen LogP contribution is -2.30. The molecule has 0 bridgehead atoms. The van der Waals surface area contributed by atoms with E-state index >= 15 is 0 Å². The molecule has 1 heterocycles. The third kappa shape index (κ3) is 3.68. The highest BCUT2D eigenvalue weighted by molar-refractivity contribution is 5.97. The summed E-state index contributed by atoms with van der Waals surface area (Å²) >= 11 is 0. The van der Waals surface area contributed by atoms with E-state index in [1.54, 1.807) is 6.92 Å². The molecule has 1 aromatic heterocycles. The monoisotopic (exact) mass is 291 g/mol. The first-order valence-electron chi connectivity index (χ1n) is 6.29. The number of carbonyl (C=O) groups excluding carboxylic acids is 2. The van der Waals surface area contributed by atoms with Crippen molar-refractivity contribution < 1.29 is 23.1 Å². The van der Waals surface area contributed by atoms with Gasteiger partial charge >= 0.3 is 5.97 Å². The molecule has 0 saturated heterocycles. The average Bonchev–Trinajstić information content (AvgIpc) is 2.87. The highest BCUT2D eigenvalue weighted by Crippen LogP contribution is 2.13. The fourth-order valence-electron chi connectivity index (χ4n) is 1.65. The van der Waals surface area contributed by atoms with E-state index in [1.807, 2.05) is 0 Å². The van der Waals surface area contributed by atoms with E-state index in [9.17, 15) is 14.0 Å². The fraction of sp³-hybridized carbons (Fsp3) is 0.200. The average molecular weight is 291 g/mol. The second kappa shape index (κ2) is 6.21. The van der Waals surface area contributed by atoms with Crippen LogP contribution in [0.5, 0.6) is 0 Å². The smallest absolute Gasteiger partial charge is 0.342 e. The van der Waals surface area contributed by atoms with Crippen LogP contribution in [0.1, 0.15) is 23.0 Å². The predicted molar refractivity (Wildman–Crippen MR) is 73.4 cm³/mol. The maximum atomic E-state index is 12.8. The molecule has 2 aromatic rings. The summed E-state index contributed by atoms with van der Waals surface area (Å²) in [4.78, 5) is 23.7. The van der Waals surface area contributed by atoms with E-state index in [2.05, 4.69) is 5.32 Å². The second-order valence-electron chi connectivity index (χ2n) is 4.43. The molecule has 0 fully saturated rings. The number of hydrogen-bond donors (Lipinski definition) is 1. The van der Waals surface area contributed by atoms with Gasteiger partial charge in [0.1, 0.15) is 17.1 Å². The van der Waals surface area contributed by atoms with E-state index in [0.717, 1.165) is 0 Å². The van der Waals surface area contributed by atoms with Crippen LogP contribution in [0, 0.1) is 12.7 Å². The van der Waals surface area contributed by atoms with E-state index in [4.69, 9.17) is 9.15 Å². The molecule has 1 amide bonds. The van der Waals surface area contributed by atoms with Crippen LogP contribution in [0.25, 0.3) is 0 Å². The Morgan fingerprint density at radius 3 is 2.48 bits per heavy atom. The van der Waals surface area contributed by atoms with Gasteiger partial charge in [-0.15, -0.1) is 0 Å². The Morgan fingerprint density at radius 2 is 1.90 bits per heavy atom. The maximum Gasteiger partial charge on any atom is 0.342 e. The van der Waals surface area contributed by atoms with Gasteiger partial charge in [-0.25, -0.2) is 9.18 Å². The summed E-state index contributed by atoms with van der Waals surface area (Å²) in [5.74, 6) is -1.12. The highest BCUT2D eigenvalue weighted by Gasteiger charge is 2.21. The molecule has 1 aromatic carbocycles. The molecule has 2 rings (SSSR count). The number of aryl methyl sites for hydroxylation is 1. The van der Waals surface area contributed by atoms with Crippen molar-refractivity contribution in [2.75, 3.05) is 5.32 Å². The summed E-state index contributed by atoms with van der Waals surface area (Å²) in [7, 11) is 0. The Balaban J connectivity index is 1.95. The zero-order valence-electron chi connectivity index (χ0n) is 11.6. The fourth-order valence-corrected chi connectivity index (χ4v) is 1.65. The number of rotatable bonds is 4. The van der Waals surface area contributed by atoms with Crippen LogP contribution in [0.4, 0.5) is 10.1 Å². The van der Waals surface area contributed by atoms with Crippen LogP contribution in [0.3, 0.4) is 0 Å². The molecule has 110 valence electrons. The van der Waals surface area contributed by atoms with Crippen molar-refractivity contribution in [2.24, 2.45) is 0 Å². The number of ether oxygens (including phenoxy) is 1. The lowest BCUT2D eigenvalue weighted by Gasteiger charge is -2.13. The topological polar surface area (TPSA) is 68.5 Å². The molecule has 1 atom stereocenters. The normalized spacial score (nSPS) is 11.8. The Hall–Kier alpha value is -2.63. The minimum Gasteiger partial charge on any atom is -0.469 e. The second-order valence-corrected chi connectivity index (χ2v) is 4.43. The summed E-state index contributed by atoms with van der Waals surface area (Å²) in [5.41, 5.74) is 0.695. The molecule has 0 aliphatic carbocycles. The van der Waals surface area contributed by atoms with Crippen LogP contribution in [-0.4, -0.2) is 18.0 Å². The Morgan fingerprint density at radius 1 is 1.24 bits per heavy atom. The SMILES string of the molecule is Cc1occc1C(=O)O[C@H](C)C(=O)Nc1ccc(F)cc1. The van der Waals surface area contributed by atoms with Gasteiger partial charge in [0.05, 0.1) is 6.26 Å². The molecule has 0 saturated carbocycles. The highest BCUT2D eigenvalue weighted by atomic mass is 19.1. The van der Waals surface area contributed by atoms with Crippen molar-refractivity contribution in [1.82, 2.24) is 0 Å². The first-order valence-corrected chi connectivity index (χ1v) is 6.29. The molecule has 0 radical (unpaired) electrons. The van der Waals surface area contributed by atoms with Gasteiger partial charge < -0.3 is 14.5 Å².